The number of anilines is 2. The summed E-state index contributed by atoms with van der Waals surface area (Å²) < 4.78 is 19.7. The zero-order chi connectivity index (χ0) is 15.0. The van der Waals surface area contributed by atoms with Crippen molar-refractivity contribution in [2.75, 3.05) is 5.32 Å². The summed E-state index contributed by atoms with van der Waals surface area (Å²) in [5, 5.41) is 5.02. The normalized spacial score (nSPS) is 11.8. The van der Waals surface area contributed by atoms with Crippen molar-refractivity contribution in [1.29, 1.82) is 0 Å². The predicted octanol–water partition coefficient (Wildman–Crippen LogP) is 4.26. The Morgan fingerprint density at radius 2 is 1.95 bits per heavy atom. The Kier molecular flexibility index (Phi) is 3.29. The van der Waals surface area contributed by atoms with Crippen LogP contribution in [0.15, 0.2) is 47.3 Å². The number of hydrogen-bond donors (Lipinski definition) is 1. The third kappa shape index (κ3) is 2.69. The zero-order valence-electron chi connectivity index (χ0n) is 12.3. The highest BCUT2D eigenvalue weighted by Crippen LogP contribution is 2.28. The standard InChI is InChI=1S/C16H17FN2OSi/c1-21(2,3)11-4-5-14(13(17)8-11)19-15-10-20-16-6-7-18-9-12(15)16/h4-10,19H,1-3H3. The van der Waals surface area contributed by atoms with Gasteiger partial charge in [-0.25, -0.2) is 4.39 Å². The van der Waals surface area contributed by atoms with Gasteiger partial charge in [-0.1, -0.05) is 30.9 Å². The maximum absolute atomic E-state index is 14.3. The summed E-state index contributed by atoms with van der Waals surface area (Å²) in [6, 6.07) is 7.20. The topological polar surface area (TPSA) is 38.1 Å². The van der Waals surface area contributed by atoms with Crippen LogP contribution in [-0.2, 0) is 0 Å². The Balaban J connectivity index is 1.95. The van der Waals surface area contributed by atoms with Crippen molar-refractivity contribution in [1.82, 2.24) is 4.98 Å². The quantitative estimate of drug-likeness (QED) is 0.735. The molecule has 1 aromatic carbocycles. The summed E-state index contributed by atoms with van der Waals surface area (Å²) in [5.74, 6) is -0.242. The molecule has 0 aliphatic rings. The first-order valence-electron chi connectivity index (χ1n) is 6.83. The summed E-state index contributed by atoms with van der Waals surface area (Å²) >= 11 is 0. The van der Waals surface area contributed by atoms with Crippen molar-refractivity contribution < 1.29 is 8.81 Å². The lowest BCUT2D eigenvalue weighted by Gasteiger charge is -2.17. The molecule has 0 aliphatic carbocycles. The van der Waals surface area contributed by atoms with E-state index in [1.54, 1.807) is 36.9 Å². The van der Waals surface area contributed by atoms with Crippen LogP contribution in [0.3, 0.4) is 0 Å². The summed E-state index contributed by atoms with van der Waals surface area (Å²) in [7, 11) is -1.51. The highest BCUT2D eigenvalue weighted by Gasteiger charge is 2.18. The number of furan rings is 1. The van der Waals surface area contributed by atoms with Gasteiger partial charge in [-0.3, -0.25) is 4.98 Å². The molecule has 0 spiro atoms. The largest absolute Gasteiger partial charge is 0.462 e. The van der Waals surface area contributed by atoms with Gasteiger partial charge in [0.05, 0.1) is 24.8 Å². The number of nitrogens with one attached hydrogen (secondary N) is 1. The molecule has 3 nitrogen and oxygen atoms in total. The van der Waals surface area contributed by atoms with Crippen molar-refractivity contribution >= 4 is 35.6 Å². The van der Waals surface area contributed by atoms with E-state index >= 15 is 0 Å². The second-order valence-electron chi connectivity index (χ2n) is 6.09. The van der Waals surface area contributed by atoms with Crippen LogP contribution in [0.2, 0.25) is 19.6 Å². The van der Waals surface area contributed by atoms with Crippen molar-refractivity contribution in [3.63, 3.8) is 0 Å². The fourth-order valence-electron chi connectivity index (χ4n) is 2.20. The van der Waals surface area contributed by atoms with E-state index in [-0.39, 0.29) is 5.82 Å². The second-order valence-corrected chi connectivity index (χ2v) is 11.2. The van der Waals surface area contributed by atoms with E-state index < -0.39 is 8.07 Å². The summed E-state index contributed by atoms with van der Waals surface area (Å²) in [6.45, 7) is 6.60. The molecule has 0 unspecified atom stereocenters. The minimum atomic E-state index is -1.51. The summed E-state index contributed by atoms with van der Waals surface area (Å²) in [5.41, 5.74) is 1.90. The monoisotopic (exact) mass is 300 g/mol. The van der Waals surface area contributed by atoms with Gasteiger partial charge in [-0.2, -0.15) is 0 Å². The third-order valence-corrected chi connectivity index (χ3v) is 5.52. The first kappa shape index (κ1) is 13.8. The average molecular weight is 300 g/mol. The SMILES string of the molecule is C[Si](C)(C)c1ccc(Nc2coc3ccncc23)c(F)c1. The van der Waals surface area contributed by atoms with Crippen LogP contribution in [0.25, 0.3) is 11.0 Å². The zero-order valence-corrected chi connectivity index (χ0v) is 13.3. The highest BCUT2D eigenvalue weighted by atomic mass is 28.3. The van der Waals surface area contributed by atoms with Gasteiger partial charge in [0.1, 0.15) is 17.7 Å². The van der Waals surface area contributed by atoms with E-state index in [9.17, 15) is 4.39 Å². The number of hydrogen-bond acceptors (Lipinski definition) is 3. The van der Waals surface area contributed by atoms with E-state index in [4.69, 9.17) is 4.42 Å². The minimum absolute atomic E-state index is 0.242. The summed E-state index contributed by atoms with van der Waals surface area (Å²) in [6.07, 6.45) is 4.95. The average Bonchev–Trinajstić information content (AvgIpc) is 2.83. The smallest absolute Gasteiger partial charge is 0.146 e. The molecule has 0 fully saturated rings. The first-order valence-corrected chi connectivity index (χ1v) is 10.3. The predicted molar refractivity (Wildman–Crippen MR) is 86.7 cm³/mol. The van der Waals surface area contributed by atoms with E-state index in [2.05, 4.69) is 29.9 Å². The van der Waals surface area contributed by atoms with Gasteiger partial charge in [0.2, 0.25) is 0 Å². The lowest BCUT2D eigenvalue weighted by molar-refractivity contribution is 0.616. The molecule has 3 aromatic rings. The molecule has 2 aromatic heterocycles. The molecule has 0 amide bonds. The number of aromatic nitrogens is 1. The van der Waals surface area contributed by atoms with Gasteiger partial charge in [-0.05, 0) is 18.2 Å². The molecule has 0 aliphatic heterocycles. The molecule has 0 atom stereocenters. The number of nitrogens with zero attached hydrogens (tertiary/aromatic N) is 1. The Morgan fingerprint density at radius 1 is 1.14 bits per heavy atom. The number of pyridine rings is 1. The van der Waals surface area contributed by atoms with Crippen LogP contribution >= 0.6 is 0 Å². The molecule has 1 N–H and O–H groups in total. The molecule has 0 radical (unpaired) electrons. The van der Waals surface area contributed by atoms with Crippen LogP contribution in [0, 0.1) is 5.82 Å². The van der Waals surface area contributed by atoms with Crippen molar-refractivity contribution in [3.8, 4) is 0 Å². The number of halogens is 1. The van der Waals surface area contributed by atoms with Crippen molar-refractivity contribution in [3.05, 3.63) is 48.7 Å². The first-order chi connectivity index (χ1) is 9.95. The molecule has 21 heavy (non-hydrogen) atoms. The molecule has 3 rings (SSSR count). The van der Waals surface area contributed by atoms with Crippen LogP contribution in [0.5, 0.6) is 0 Å². The minimum Gasteiger partial charge on any atom is -0.462 e. The van der Waals surface area contributed by atoms with Gasteiger partial charge < -0.3 is 9.73 Å². The lowest BCUT2D eigenvalue weighted by atomic mass is 10.2. The van der Waals surface area contributed by atoms with Crippen molar-refractivity contribution in [2.45, 2.75) is 19.6 Å². The van der Waals surface area contributed by atoms with Crippen LogP contribution in [0.1, 0.15) is 0 Å². The molecule has 108 valence electrons. The van der Waals surface area contributed by atoms with Crippen LogP contribution in [-0.4, -0.2) is 13.1 Å². The molecular weight excluding hydrogens is 283 g/mol. The van der Waals surface area contributed by atoms with Crippen LogP contribution < -0.4 is 10.5 Å². The molecule has 0 saturated carbocycles. The molecule has 0 saturated heterocycles. The second kappa shape index (κ2) is 5.00. The lowest BCUT2D eigenvalue weighted by Crippen LogP contribution is -2.37. The van der Waals surface area contributed by atoms with E-state index in [1.165, 1.54) is 0 Å². The number of fused-ring (bicyclic) bond motifs is 1. The van der Waals surface area contributed by atoms with Gasteiger partial charge in [-0.15, -0.1) is 0 Å². The van der Waals surface area contributed by atoms with Crippen LogP contribution in [0.4, 0.5) is 15.8 Å². The Labute approximate surface area is 123 Å². The Morgan fingerprint density at radius 3 is 2.67 bits per heavy atom. The molecule has 5 heteroatoms. The Hall–Kier alpha value is -2.14. The van der Waals surface area contributed by atoms with E-state index in [0.29, 0.717) is 5.69 Å². The van der Waals surface area contributed by atoms with Gasteiger partial charge in [0.25, 0.3) is 0 Å². The van der Waals surface area contributed by atoms with Gasteiger partial charge in [0, 0.05) is 12.4 Å². The number of rotatable bonds is 3. The molecule has 0 bridgehead atoms. The third-order valence-electron chi connectivity index (χ3n) is 3.48. The molecule has 2 heterocycles. The highest BCUT2D eigenvalue weighted by molar-refractivity contribution is 6.88. The Bertz CT molecular complexity index is 792. The van der Waals surface area contributed by atoms with Gasteiger partial charge >= 0.3 is 0 Å². The van der Waals surface area contributed by atoms with E-state index in [1.807, 2.05) is 6.07 Å². The number of benzene rings is 1. The maximum atomic E-state index is 14.3. The fourth-order valence-corrected chi connectivity index (χ4v) is 3.34. The van der Waals surface area contributed by atoms with Crippen molar-refractivity contribution in [2.24, 2.45) is 0 Å². The van der Waals surface area contributed by atoms with E-state index in [0.717, 1.165) is 21.8 Å². The fraction of sp³-hybridized carbons (Fsp3) is 0.188. The summed E-state index contributed by atoms with van der Waals surface area (Å²) in [4.78, 5) is 4.07. The molecular formula is C16H17FN2OSi. The maximum Gasteiger partial charge on any atom is 0.146 e. The van der Waals surface area contributed by atoms with Gasteiger partial charge in [0.15, 0.2) is 0 Å².